The number of hydrogen-bond acceptors (Lipinski definition) is 10. The molecule has 0 spiro atoms. The van der Waals surface area contributed by atoms with Crippen LogP contribution in [0.5, 0.6) is 11.5 Å². The van der Waals surface area contributed by atoms with E-state index in [2.05, 4.69) is 37.9 Å². The van der Waals surface area contributed by atoms with Crippen LogP contribution in [-0.4, -0.2) is 78.4 Å². The maximum absolute atomic E-state index is 12.0. The fraction of sp³-hybridized carbons (Fsp3) is 0.250. The predicted octanol–water partition coefficient (Wildman–Crippen LogP) is 7.60. The Bertz CT molecular complexity index is 1910. The Morgan fingerprint density at radius 2 is 0.981 bits per heavy atom. The zero-order valence-corrected chi connectivity index (χ0v) is 31.0. The highest BCUT2D eigenvalue weighted by atomic mass is 16.6. The van der Waals surface area contributed by atoms with Gasteiger partial charge in [0.15, 0.2) is 0 Å². The second-order valence-corrected chi connectivity index (χ2v) is 12.2. The van der Waals surface area contributed by atoms with E-state index in [1.54, 1.807) is 6.92 Å². The van der Waals surface area contributed by atoms with E-state index >= 15 is 0 Å². The maximum atomic E-state index is 12.0. The Morgan fingerprint density at radius 1 is 0.519 bits per heavy atom. The van der Waals surface area contributed by atoms with Crippen LogP contribution in [0, 0.1) is 0 Å². The van der Waals surface area contributed by atoms with Gasteiger partial charge in [0.05, 0.1) is 31.0 Å². The van der Waals surface area contributed by atoms with Gasteiger partial charge in [0, 0.05) is 31.8 Å². The van der Waals surface area contributed by atoms with Crippen molar-refractivity contribution in [2.24, 2.45) is 0 Å². The van der Waals surface area contributed by atoms with Crippen molar-refractivity contribution in [3.05, 3.63) is 133 Å². The number of ether oxygens (including phenoxy) is 7. The summed E-state index contributed by atoms with van der Waals surface area (Å²) in [5.74, 6) is -0.175. The van der Waals surface area contributed by atoms with Crippen LogP contribution in [0.15, 0.2) is 127 Å². The van der Waals surface area contributed by atoms with E-state index in [4.69, 9.17) is 33.2 Å². The monoisotopic (exact) mass is 734 g/mol. The van der Waals surface area contributed by atoms with Crippen molar-refractivity contribution in [1.29, 1.82) is 0 Å². The van der Waals surface area contributed by atoms with Crippen molar-refractivity contribution in [2.75, 3.05) is 60.5 Å². The van der Waals surface area contributed by atoms with E-state index < -0.39 is 17.9 Å². The molecule has 0 fully saturated rings. The van der Waals surface area contributed by atoms with Crippen molar-refractivity contribution < 1.29 is 47.5 Å². The molecule has 4 aromatic carbocycles. The van der Waals surface area contributed by atoms with Gasteiger partial charge in [-0.25, -0.2) is 14.4 Å². The molecule has 282 valence electrons. The molecule has 54 heavy (non-hydrogen) atoms. The molecule has 10 nitrogen and oxygen atoms in total. The zero-order chi connectivity index (χ0) is 38.9. The molecule has 0 bridgehead atoms. The van der Waals surface area contributed by atoms with Crippen LogP contribution in [0.1, 0.15) is 12.5 Å². The quantitative estimate of drug-likeness (QED) is 0.0367. The van der Waals surface area contributed by atoms with Crippen molar-refractivity contribution in [3.8, 4) is 44.9 Å². The summed E-state index contributed by atoms with van der Waals surface area (Å²) in [5, 5.41) is 0. The third-order valence-corrected chi connectivity index (χ3v) is 8.00. The molecule has 0 saturated heterocycles. The minimum Gasteiger partial charge on any atom is -0.490 e. The second kappa shape index (κ2) is 20.9. The van der Waals surface area contributed by atoms with E-state index in [0.717, 1.165) is 38.9 Å². The third-order valence-electron chi connectivity index (χ3n) is 8.00. The van der Waals surface area contributed by atoms with Gasteiger partial charge in [-0.2, -0.15) is 0 Å². The molecular formula is C44H46O10. The lowest BCUT2D eigenvalue weighted by Crippen LogP contribution is -2.15. The van der Waals surface area contributed by atoms with Crippen LogP contribution in [0.25, 0.3) is 33.4 Å². The minimum atomic E-state index is -0.518. The summed E-state index contributed by atoms with van der Waals surface area (Å²) >= 11 is 0. The van der Waals surface area contributed by atoms with Gasteiger partial charge in [-0.15, -0.1) is 0 Å². The van der Waals surface area contributed by atoms with Gasteiger partial charge >= 0.3 is 17.9 Å². The van der Waals surface area contributed by atoms with Crippen LogP contribution in [0.2, 0.25) is 0 Å². The molecular weight excluding hydrogens is 688 g/mol. The number of benzene rings is 4. The Kier molecular flexibility index (Phi) is 15.8. The zero-order valence-electron chi connectivity index (χ0n) is 31.0. The first-order valence-electron chi connectivity index (χ1n) is 17.3. The Morgan fingerprint density at radius 3 is 1.56 bits per heavy atom. The SMILES string of the molecule is C=C(C)C(=O)OCCOc1ccc(-c2ccc(OCCOC(=O)C(=C)COC)cc2)cc1-c1ccc(-c2ccc(CCOC(=O)C(=C)COC)cc2)cc1. The molecule has 0 aliphatic carbocycles. The number of carbonyl (C=O) groups excluding carboxylic acids is 3. The number of methoxy groups -OCH3 is 2. The highest BCUT2D eigenvalue weighted by molar-refractivity contribution is 5.88. The summed E-state index contributed by atoms with van der Waals surface area (Å²) in [6, 6.07) is 29.8. The van der Waals surface area contributed by atoms with Crippen LogP contribution in [-0.2, 0) is 44.5 Å². The molecule has 0 saturated carbocycles. The number of rotatable bonds is 21. The summed E-state index contributed by atoms with van der Waals surface area (Å²) in [7, 11) is 2.99. The van der Waals surface area contributed by atoms with E-state index in [1.165, 1.54) is 14.2 Å². The number of esters is 3. The van der Waals surface area contributed by atoms with Crippen molar-refractivity contribution in [2.45, 2.75) is 13.3 Å². The molecule has 0 N–H and O–H groups in total. The highest BCUT2D eigenvalue weighted by Crippen LogP contribution is 2.36. The van der Waals surface area contributed by atoms with Gasteiger partial charge in [-0.1, -0.05) is 86.5 Å². The third kappa shape index (κ3) is 12.3. The molecule has 0 unspecified atom stereocenters. The van der Waals surface area contributed by atoms with Crippen LogP contribution >= 0.6 is 0 Å². The topological polar surface area (TPSA) is 116 Å². The number of carbonyl (C=O) groups is 3. The largest absolute Gasteiger partial charge is 0.490 e. The van der Waals surface area contributed by atoms with Crippen LogP contribution in [0.4, 0.5) is 0 Å². The van der Waals surface area contributed by atoms with Gasteiger partial charge in [0.1, 0.15) is 37.9 Å². The predicted molar refractivity (Wildman–Crippen MR) is 207 cm³/mol. The molecule has 0 amide bonds. The van der Waals surface area contributed by atoms with Crippen molar-refractivity contribution >= 4 is 17.9 Å². The van der Waals surface area contributed by atoms with Gasteiger partial charge in [0.25, 0.3) is 0 Å². The van der Waals surface area contributed by atoms with Crippen molar-refractivity contribution in [3.63, 3.8) is 0 Å². The Hall–Kier alpha value is -5.97. The Balaban J connectivity index is 1.45. The molecule has 0 aliphatic rings. The lowest BCUT2D eigenvalue weighted by Gasteiger charge is -2.15. The molecule has 0 heterocycles. The average Bonchev–Trinajstić information content (AvgIpc) is 3.18. The first-order chi connectivity index (χ1) is 26.1. The van der Waals surface area contributed by atoms with Crippen LogP contribution < -0.4 is 9.47 Å². The lowest BCUT2D eigenvalue weighted by atomic mass is 9.96. The highest BCUT2D eigenvalue weighted by Gasteiger charge is 2.13. The summed E-state index contributed by atoms with van der Waals surface area (Å²) in [4.78, 5) is 35.7. The van der Waals surface area contributed by atoms with E-state index in [9.17, 15) is 14.4 Å². The second-order valence-electron chi connectivity index (χ2n) is 12.2. The maximum Gasteiger partial charge on any atom is 0.335 e. The fourth-order valence-electron chi connectivity index (χ4n) is 5.15. The Labute approximate surface area is 316 Å². The van der Waals surface area contributed by atoms with Gasteiger partial charge in [0.2, 0.25) is 0 Å². The average molecular weight is 735 g/mol. The smallest absolute Gasteiger partial charge is 0.335 e. The summed E-state index contributed by atoms with van der Waals surface area (Å²) in [6.45, 7) is 13.5. The summed E-state index contributed by atoms with van der Waals surface area (Å²) < 4.78 is 37.4. The van der Waals surface area contributed by atoms with Gasteiger partial charge in [-0.05, 0) is 64.6 Å². The van der Waals surface area contributed by atoms with Gasteiger partial charge < -0.3 is 33.2 Å². The fourth-order valence-corrected chi connectivity index (χ4v) is 5.15. The number of hydrogen-bond donors (Lipinski definition) is 0. The molecule has 4 rings (SSSR count). The minimum absolute atomic E-state index is 0.0793. The normalized spacial score (nSPS) is 10.6. The van der Waals surface area contributed by atoms with Gasteiger partial charge in [-0.3, -0.25) is 0 Å². The first-order valence-corrected chi connectivity index (χ1v) is 17.3. The molecule has 0 aromatic heterocycles. The van der Waals surface area contributed by atoms with Crippen LogP contribution in [0.3, 0.4) is 0 Å². The molecule has 0 atom stereocenters. The van der Waals surface area contributed by atoms with E-state index in [1.807, 2.05) is 72.8 Å². The standard InChI is InChI=1S/C44H46O10/c1-30(2)42(45)53-26-24-51-41-20-17-38(36-15-18-39(19-16-36)50-23-25-54-44(47)32(4)29-49-6)27-40(41)37-13-11-35(12-14-37)34-9-7-33(8-10-34)21-22-52-43(46)31(3)28-48-5/h7-20,27H,1,3-4,21-26,28-29H2,2,5-6H3. The summed E-state index contributed by atoms with van der Waals surface area (Å²) in [6.07, 6.45) is 0.579. The van der Waals surface area contributed by atoms with E-state index in [0.29, 0.717) is 23.5 Å². The summed E-state index contributed by atoms with van der Waals surface area (Å²) in [5.41, 5.74) is 7.67. The molecule has 10 heteroatoms. The lowest BCUT2D eigenvalue weighted by molar-refractivity contribution is -0.141. The van der Waals surface area contributed by atoms with Crippen molar-refractivity contribution in [1.82, 2.24) is 0 Å². The first kappa shape index (κ1) is 40.8. The molecule has 0 radical (unpaired) electrons. The molecule has 0 aliphatic heterocycles. The van der Waals surface area contributed by atoms with E-state index in [-0.39, 0.29) is 57.4 Å². The molecule has 4 aromatic rings.